The quantitative estimate of drug-likeness (QED) is 0.549. The number of hydrogen-bond donors (Lipinski definition) is 2. The molecule has 2 amide bonds. The minimum Gasteiger partial charge on any atom is -0.454 e. The summed E-state index contributed by atoms with van der Waals surface area (Å²) in [6.07, 6.45) is 0. The zero-order valence-electron chi connectivity index (χ0n) is 17.4. The maximum absolute atomic E-state index is 12.9. The van der Waals surface area contributed by atoms with E-state index in [1.54, 1.807) is 36.4 Å². The number of aliphatic hydroxyl groups is 1. The second-order valence-electron chi connectivity index (χ2n) is 6.99. The number of benzene rings is 2. The van der Waals surface area contributed by atoms with Crippen LogP contribution >= 0.6 is 0 Å². The van der Waals surface area contributed by atoms with E-state index in [1.165, 1.54) is 21.0 Å². The van der Waals surface area contributed by atoms with Crippen molar-refractivity contribution in [2.45, 2.75) is 12.5 Å². The first-order valence-corrected chi connectivity index (χ1v) is 9.47. The molecule has 1 heterocycles. The van der Waals surface area contributed by atoms with Crippen LogP contribution in [0.2, 0.25) is 0 Å². The highest BCUT2D eigenvalue weighted by Gasteiger charge is 2.46. The maximum Gasteiger partial charge on any atom is 0.254 e. The number of nitrogens with zero attached hydrogens (tertiary/aromatic N) is 1. The van der Waals surface area contributed by atoms with Gasteiger partial charge < -0.3 is 24.8 Å². The lowest BCUT2D eigenvalue weighted by Crippen LogP contribution is -2.62. The molecule has 31 heavy (non-hydrogen) atoms. The number of Topliss-reactive ketones (excluding diaryl/α,β-unsaturated/α-hetero) is 1. The van der Waals surface area contributed by atoms with Crippen molar-refractivity contribution in [3.05, 3.63) is 59.2 Å². The zero-order chi connectivity index (χ0) is 22.6. The summed E-state index contributed by atoms with van der Waals surface area (Å²) in [6, 6.07) is 11.9. The van der Waals surface area contributed by atoms with Gasteiger partial charge in [-0.3, -0.25) is 14.4 Å². The van der Waals surface area contributed by atoms with Gasteiger partial charge in [0, 0.05) is 30.8 Å². The molecule has 0 bridgehead atoms. The van der Waals surface area contributed by atoms with Gasteiger partial charge in [-0.1, -0.05) is 11.8 Å². The third-order valence-corrected chi connectivity index (χ3v) is 5.19. The van der Waals surface area contributed by atoms with Crippen LogP contribution in [-0.4, -0.2) is 60.6 Å². The van der Waals surface area contributed by atoms with Crippen molar-refractivity contribution in [2.24, 2.45) is 0 Å². The maximum atomic E-state index is 12.9. The molecule has 0 radical (unpaired) electrons. The summed E-state index contributed by atoms with van der Waals surface area (Å²) in [7, 11) is 2.70. The molecule has 3 rings (SSSR count). The van der Waals surface area contributed by atoms with Gasteiger partial charge in [-0.2, -0.15) is 0 Å². The van der Waals surface area contributed by atoms with Crippen molar-refractivity contribution < 1.29 is 29.0 Å². The molecule has 1 atom stereocenters. The van der Waals surface area contributed by atoms with Gasteiger partial charge in [0.2, 0.25) is 6.79 Å². The Morgan fingerprint density at radius 1 is 1.06 bits per heavy atom. The van der Waals surface area contributed by atoms with E-state index in [0.29, 0.717) is 17.1 Å². The van der Waals surface area contributed by atoms with E-state index < -0.39 is 29.7 Å². The summed E-state index contributed by atoms with van der Waals surface area (Å²) >= 11 is 0. The fourth-order valence-corrected chi connectivity index (χ4v) is 3.07. The van der Waals surface area contributed by atoms with Crippen LogP contribution in [0.1, 0.15) is 28.4 Å². The highest BCUT2D eigenvalue weighted by Crippen LogP contribution is 2.32. The number of carbonyl (C=O) groups excluding carboxylic acids is 3. The lowest BCUT2D eigenvalue weighted by molar-refractivity contribution is -0.143. The predicted octanol–water partition coefficient (Wildman–Crippen LogP) is 0.953. The van der Waals surface area contributed by atoms with E-state index in [2.05, 4.69) is 17.2 Å². The molecule has 160 valence electrons. The Morgan fingerprint density at radius 2 is 1.68 bits per heavy atom. The topological polar surface area (TPSA) is 105 Å². The number of fused-ring (bicyclic) bond motifs is 1. The van der Waals surface area contributed by atoms with Gasteiger partial charge in [-0.25, -0.2) is 0 Å². The smallest absolute Gasteiger partial charge is 0.254 e. The number of amides is 2. The number of likely N-dealkylation sites (N-methyl/N-ethyl adjacent to an activating group) is 2. The largest absolute Gasteiger partial charge is 0.454 e. The summed E-state index contributed by atoms with van der Waals surface area (Å²) in [5.74, 6) is 5.35. The van der Waals surface area contributed by atoms with Crippen LogP contribution < -0.4 is 14.8 Å². The van der Waals surface area contributed by atoms with Gasteiger partial charge in [0.15, 0.2) is 22.8 Å². The van der Waals surface area contributed by atoms with Crippen molar-refractivity contribution >= 4 is 17.6 Å². The Balaban J connectivity index is 1.78. The first-order valence-electron chi connectivity index (χ1n) is 9.47. The summed E-state index contributed by atoms with van der Waals surface area (Å²) in [6.45, 7) is 0.627. The number of ether oxygens (including phenoxy) is 2. The SMILES string of the molecule is CNC(=O)[C@@](C)(C(=O)CO)N(C)C(=O)c1ccc(C#Cc2ccc3c(c2)OCO3)cc1. The fourth-order valence-electron chi connectivity index (χ4n) is 3.07. The lowest BCUT2D eigenvalue weighted by atomic mass is 9.92. The first-order chi connectivity index (χ1) is 14.8. The standard InChI is InChI=1S/C23H22N2O6/c1-23(20(27)13-26,22(29)24-2)25(3)21(28)17-9-6-15(7-10-17)4-5-16-8-11-18-19(12-16)31-14-30-18/h6-12,26H,13-14H2,1-3H3,(H,24,29)/t23-/m1/s1. The molecule has 2 aromatic carbocycles. The number of aliphatic hydroxyl groups excluding tert-OH is 1. The van der Waals surface area contributed by atoms with Crippen LogP contribution in [-0.2, 0) is 9.59 Å². The number of carbonyl (C=O) groups is 3. The van der Waals surface area contributed by atoms with E-state index in [9.17, 15) is 19.5 Å². The van der Waals surface area contributed by atoms with Gasteiger partial charge in [0.05, 0.1) is 0 Å². The first kappa shape index (κ1) is 21.9. The molecule has 1 aliphatic rings. The molecule has 2 aromatic rings. The molecule has 0 aromatic heterocycles. The van der Waals surface area contributed by atoms with Crippen molar-refractivity contribution in [1.29, 1.82) is 0 Å². The molecule has 0 saturated carbocycles. The monoisotopic (exact) mass is 422 g/mol. The summed E-state index contributed by atoms with van der Waals surface area (Å²) < 4.78 is 10.6. The molecule has 0 unspecified atom stereocenters. The number of nitrogens with one attached hydrogen (secondary N) is 1. The van der Waals surface area contributed by atoms with Crippen molar-refractivity contribution in [3.63, 3.8) is 0 Å². The third kappa shape index (κ3) is 4.22. The van der Waals surface area contributed by atoms with Crippen LogP contribution in [0.25, 0.3) is 0 Å². The van der Waals surface area contributed by atoms with Gasteiger partial charge in [0.25, 0.3) is 11.8 Å². The van der Waals surface area contributed by atoms with Gasteiger partial charge >= 0.3 is 0 Å². The van der Waals surface area contributed by atoms with Crippen LogP contribution in [0.15, 0.2) is 42.5 Å². The second kappa shape index (κ2) is 8.90. The average molecular weight is 422 g/mol. The minimum absolute atomic E-state index is 0.193. The van der Waals surface area contributed by atoms with Crippen molar-refractivity contribution in [1.82, 2.24) is 10.2 Å². The molecule has 8 heteroatoms. The molecule has 1 aliphatic heterocycles. The predicted molar refractivity (Wildman–Crippen MR) is 112 cm³/mol. The van der Waals surface area contributed by atoms with Crippen LogP contribution in [0.5, 0.6) is 11.5 Å². The Labute approximate surface area is 179 Å². The van der Waals surface area contributed by atoms with Crippen LogP contribution in [0, 0.1) is 11.8 Å². The molecule has 0 spiro atoms. The number of hydrogen-bond acceptors (Lipinski definition) is 6. The number of rotatable bonds is 5. The van der Waals surface area contributed by atoms with Crippen LogP contribution in [0.4, 0.5) is 0 Å². The molecule has 8 nitrogen and oxygen atoms in total. The number of ketones is 1. The van der Waals surface area contributed by atoms with Crippen molar-refractivity contribution in [3.8, 4) is 23.3 Å². The molecule has 2 N–H and O–H groups in total. The molecule has 0 fully saturated rings. The fraction of sp³-hybridized carbons (Fsp3) is 0.261. The van der Waals surface area contributed by atoms with E-state index in [-0.39, 0.29) is 12.4 Å². The Bertz CT molecular complexity index is 1070. The lowest BCUT2D eigenvalue weighted by Gasteiger charge is -2.35. The van der Waals surface area contributed by atoms with E-state index in [0.717, 1.165) is 10.5 Å². The van der Waals surface area contributed by atoms with Gasteiger partial charge in [-0.15, -0.1) is 0 Å². The minimum atomic E-state index is -1.83. The van der Waals surface area contributed by atoms with E-state index in [4.69, 9.17) is 9.47 Å². The normalized spacial score (nSPS) is 13.4. The summed E-state index contributed by atoms with van der Waals surface area (Å²) in [5.41, 5.74) is -0.124. The Kier molecular flexibility index (Phi) is 6.28. The third-order valence-electron chi connectivity index (χ3n) is 5.19. The zero-order valence-corrected chi connectivity index (χ0v) is 17.4. The highest BCUT2D eigenvalue weighted by atomic mass is 16.7. The van der Waals surface area contributed by atoms with Crippen molar-refractivity contribution in [2.75, 3.05) is 27.5 Å². The Morgan fingerprint density at radius 3 is 2.32 bits per heavy atom. The highest BCUT2D eigenvalue weighted by molar-refractivity contribution is 6.14. The molecule has 0 aliphatic carbocycles. The van der Waals surface area contributed by atoms with Crippen LogP contribution in [0.3, 0.4) is 0 Å². The Hall–Kier alpha value is -3.83. The molecular formula is C23H22N2O6. The second-order valence-corrected chi connectivity index (χ2v) is 6.99. The van der Waals surface area contributed by atoms with E-state index >= 15 is 0 Å². The summed E-state index contributed by atoms with van der Waals surface area (Å²) in [4.78, 5) is 38.4. The molecular weight excluding hydrogens is 400 g/mol. The van der Waals surface area contributed by atoms with E-state index in [1.807, 2.05) is 6.07 Å². The average Bonchev–Trinajstić information content (AvgIpc) is 3.28. The van der Waals surface area contributed by atoms with Gasteiger partial charge in [0.1, 0.15) is 6.61 Å². The summed E-state index contributed by atoms with van der Waals surface area (Å²) in [5, 5.41) is 11.6. The van der Waals surface area contributed by atoms with Gasteiger partial charge in [-0.05, 0) is 49.4 Å². The molecule has 0 saturated heterocycles.